The van der Waals surface area contributed by atoms with Crippen LogP contribution in [0.4, 0.5) is 10.1 Å². The van der Waals surface area contributed by atoms with Crippen LogP contribution in [0.2, 0.25) is 0 Å². The van der Waals surface area contributed by atoms with Crippen molar-refractivity contribution in [1.29, 1.82) is 0 Å². The molecule has 170 valence electrons. The van der Waals surface area contributed by atoms with Crippen molar-refractivity contribution in [3.8, 4) is 0 Å². The van der Waals surface area contributed by atoms with Gasteiger partial charge in [0.2, 0.25) is 0 Å². The number of rotatable bonds is 11. The maximum Gasteiger partial charge on any atom is 0.190 e. The van der Waals surface area contributed by atoms with Crippen molar-refractivity contribution in [2.75, 3.05) is 71.0 Å². The number of ether oxygens (including phenoxy) is 1. The minimum absolute atomic E-state index is 0. The van der Waals surface area contributed by atoms with Crippen LogP contribution in [0, 0.1) is 11.7 Å². The number of guanidine groups is 1. The third-order valence-electron chi connectivity index (χ3n) is 5.54. The molecule has 30 heavy (non-hydrogen) atoms. The quantitative estimate of drug-likeness (QED) is 0.198. The largest absolute Gasteiger partial charge is 0.381 e. The van der Waals surface area contributed by atoms with E-state index in [4.69, 9.17) is 4.74 Å². The normalized spacial score (nSPS) is 17.5. The van der Waals surface area contributed by atoms with E-state index in [0.717, 1.165) is 89.4 Å². The van der Waals surface area contributed by atoms with Crippen LogP contribution in [0.25, 0.3) is 0 Å². The Balaban J connectivity index is 0.00000320. The summed E-state index contributed by atoms with van der Waals surface area (Å²) >= 11 is 0. The molecule has 2 aliphatic rings. The molecule has 1 aliphatic heterocycles. The number of nitrogens with zero attached hydrogens (tertiary/aromatic N) is 3. The van der Waals surface area contributed by atoms with Crippen LogP contribution in [-0.4, -0.2) is 76.9 Å². The fourth-order valence-electron chi connectivity index (χ4n) is 3.57. The molecule has 1 aliphatic carbocycles. The SMILES string of the molecule is CN=C(NCCCOCC1CC1)NCCCN1CCN(c2ccccc2F)CC1.I. The molecule has 1 aromatic rings. The van der Waals surface area contributed by atoms with Gasteiger partial charge in [0.05, 0.1) is 5.69 Å². The predicted octanol–water partition coefficient (Wildman–Crippen LogP) is 2.94. The van der Waals surface area contributed by atoms with Gasteiger partial charge in [0.1, 0.15) is 5.82 Å². The first kappa shape index (κ1) is 25.1. The third kappa shape index (κ3) is 8.93. The smallest absolute Gasteiger partial charge is 0.190 e. The Morgan fingerprint density at radius 2 is 1.80 bits per heavy atom. The number of anilines is 1. The molecular formula is C22H37FIN5O. The Hall–Kier alpha value is -1.13. The number of benzene rings is 1. The summed E-state index contributed by atoms with van der Waals surface area (Å²) in [6, 6.07) is 7.05. The third-order valence-corrected chi connectivity index (χ3v) is 5.54. The molecule has 0 aromatic heterocycles. The average Bonchev–Trinajstić information content (AvgIpc) is 3.57. The fraction of sp³-hybridized carbons (Fsp3) is 0.682. The van der Waals surface area contributed by atoms with Crippen LogP contribution in [0.1, 0.15) is 25.7 Å². The van der Waals surface area contributed by atoms with Gasteiger partial charge in [0.25, 0.3) is 0 Å². The van der Waals surface area contributed by atoms with Gasteiger partial charge in [0, 0.05) is 59.5 Å². The minimum atomic E-state index is -0.126. The summed E-state index contributed by atoms with van der Waals surface area (Å²) in [5.74, 6) is 1.56. The van der Waals surface area contributed by atoms with Gasteiger partial charge in [-0.15, -0.1) is 24.0 Å². The van der Waals surface area contributed by atoms with Gasteiger partial charge in [-0.3, -0.25) is 9.89 Å². The maximum absolute atomic E-state index is 13.9. The molecule has 1 saturated carbocycles. The number of halogens is 2. The van der Waals surface area contributed by atoms with E-state index in [2.05, 4.69) is 25.4 Å². The molecule has 3 rings (SSSR count). The molecule has 0 atom stereocenters. The van der Waals surface area contributed by atoms with E-state index >= 15 is 0 Å². The number of hydrogen-bond donors (Lipinski definition) is 2. The molecule has 0 spiro atoms. The number of hydrogen-bond acceptors (Lipinski definition) is 4. The molecule has 1 saturated heterocycles. The second-order valence-corrected chi connectivity index (χ2v) is 7.93. The number of para-hydroxylation sites is 1. The zero-order valence-electron chi connectivity index (χ0n) is 18.1. The molecular weight excluding hydrogens is 496 g/mol. The van der Waals surface area contributed by atoms with Gasteiger partial charge in [-0.1, -0.05) is 12.1 Å². The molecule has 2 N–H and O–H groups in total. The number of nitrogens with one attached hydrogen (secondary N) is 2. The maximum atomic E-state index is 13.9. The number of piperazine rings is 1. The molecule has 0 bridgehead atoms. The Bertz CT molecular complexity index is 636. The van der Waals surface area contributed by atoms with Crippen LogP contribution in [0.15, 0.2) is 29.3 Å². The summed E-state index contributed by atoms with van der Waals surface area (Å²) in [6.45, 7) is 8.27. The molecule has 2 fully saturated rings. The van der Waals surface area contributed by atoms with E-state index in [1.807, 2.05) is 12.1 Å². The van der Waals surface area contributed by atoms with Crippen LogP contribution < -0.4 is 15.5 Å². The van der Waals surface area contributed by atoms with E-state index in [1.54, 1.807) is 13.1 Å². The zero-order chi connectivity index (χ0) is 20.3. The monoisotopic (exact) mass is 533 g/mol. The van der Waals surface area contributed by atoms with Gasteiger partial charge in [-0.25, -0.2) is 4.39 Å². The van der Waals surface area contributed by atoms with Crippen molar-refractivity contribution in [2.45, 2.75) is 25.7 Å². The van der Waals surface area contributed by atoms with Crippen molar-refractivity contribution < 1.29 is 9.13 Å². The van der Waals surface area contributed by atoms with Crippen LogP contribution in [0.5, 0.6) is 0 Å². The highest BCUT2D eigenvalue weighted by Gasteiger charge is 2.21. The number of aliphatic imine (C=N–C) groups is 1. The van der Waals surface area contributed by atoms with E-state index in [9.17, 15) is 4.39 Å². The second kappa shape index (κ2) is 14.0. The van der Waals surface area contributed by atoms with Gasteiger partial charge >= 0.3 is 0 Å². The molecule has 0 radical (unpaired) electrons. The summed E-state index contributed by atoms with van der Waals surface area (Å²) in [5, 5.41) is 6.73. The summed E-state index contributed by atoms with van der Waals surface area (Å²) in [5.41, 5.74) is 0.724. The molecule has 1 aromatic carbocycles. The van der Waals surface area contributed by atoms with Crippen LogP contribution >= 0.6 is 24.0 Å². The fourth-order valence-corrected chi connectivity index (χ4v) is 3.57. The van der Waals surface area contributed by atoms with Crippen molar-refractivity contribution in [2.24, 2.45) is 10.9 Å². The standard InChI is InChI=1S/C22H36FN5O.HI/c1-24-22(26-11-5-17-29-18-19-8-9-19)25-10-4-12-27-13-15-28(16-14-27)21-7-3-2-6-20(21)23;/h2-3,6-7,19H,4-5,8-18H2,1H3,(H2,24,25,26);1H. The van der Waals surface area contributed by atoms with Gasteiger partial charge in [-0.05, 0) is 50.3 Å². The van der Waals surface area contributed by atoms with Crippen molar-refractivity contribution in [1.82, 2.24) is 15.5 Å². The van der Waals surface area contributed by atoms with Gasteiger partial charge in [0.15, 0.2) is 5.96 Å². The van der Waals surface area contributed by atoms with Crippen molar-refractivity contribution in [3.05, 3.63) is 30.1 Å². The Kier molecular flexibility index (Phi) is 11.8. The molecule has 0 amide bonds. The van der Waals surface area contributed by atoms with E-state index < -0.39 is 0 Å². The Labute approximate surface area is 197 Å². The summed E-state index contributed by atoms with van der Waals surface area (Å²) in [7, 11) is 1.81. The Morgan fingerprint density at radius 1 is 1.10 bits per heavy atom. The summed E-state index contributed by atoms with van der Waals surface area (Å²) < 4.78 is 19.6. The topological polar surface area (TPSA) is 52.1 Å². The second-order valence-electron chi connectivity index (χ2n) is 7.93. The minimum Gasteiger partial charge on any atom is -0.381 e. The predicted molar refractivity (Wildman–Crippen MR) is 133 cm³/mol. The van der Waals surface area contributed by atoms with Crippen LogP contribution in [-0.2, 0) is 4.74 Å². The van der Waals surface area contributed by atoms with E-state index in [-0.39, 0.29) is 29.8 Å². The molecule has 8 heteroatoms. The highest BCUT2D eigenvalue weighted by Crippen LogP contribution is 2.28. The van der Waals surface area contributed by atoms with Gasteiger partial charge in [-0.2, -0.15) is 0 Å². The lowest BCUT2D eigenvalue weighted by Crippen LogP contribution is -2.47. The first-order chi connectivity index (χ1) is 14.3. The summed E-state index contributed by atoms with van der Waals surface area (Å²) in [6.07, 6.45) is 4.75. The van der Waals surface area contributed by atoms with E-state index in [0.29, 0.717) is 0 Å². The van der Waals surface area contributed by atoms with Gasteiger partial charge < -0.3 is 20.3 Å². The summed E-state index contributed by atoms with van der Waals surface area (Å²) in [4.78, 5) is 8.87. The lowest BCUT2D eigenvalue weighted by Gasteiger charge is -2.36. The Morgan fingerprint density at radius 3 is 2.47 bits per heavy atom. The zero-order valence-corrected chi connectivity index (χ0v) is 20.4. The average molecular weight is 533 g/mol. The van der Waals surface area contributed by atoms with E-state index in [1.165, 1.54) is 18.9 Å². The highest BCUT2D eigenvalue weighted by atomic mass is 127. The lowest BCUT2D eigenvalue weighted by atomic mass is 10.2. The highest BCUT2D eigenvalue weighted by molar-refractivity contribution is 14.0. The molecule has 6 nitrogen and oxygen atoms in total. The first-order valence-electron chi connectivity index (χ1n) is 11.0. The first-order valence-corrected chi connectivity index (χ1v) is 11.0. The van der Waals surface area contributed by atoms with Crippen molar-refractivity contribution in [3.63, 3.8) is 0 Å². The van der Waals surface area contributed by atoms with Crippen LogP contribution in [0.3, 0.4) is 0 Å². The lowest BCUT2D eigenvalue weighted by molar-refractivity contribution is 0.123. The molecule has 0 unspecified atom stereocenters. The molecule has 1 heterocycles. The van der Waals surface area contributed by atoms with Crippen molar-refractivity contribution >= 4 is 35.6 Å².